The summed E-state index contributed by atoms with van der Waals surface area (Å²) in [5, 5.41) is 8.95. The fourth-order valence-electron chi connectivity index (χ4n) is 2.61. The Hall–Kier alpha value is -2.46. The molecule has 2 aromatic rings. The van der Waals surface area contributed by atoms with Crippen LogP contribution in [0.2, 0.25) is 0 Å². The Morgan fingerprint density at radius 2 is 1.92 bits per heavy atom. The van der Waals surface area contributed by atoms with Gasteiger partial charge in [0.25, 0.3) is 0 Å². The van der Waals surface area contributed by atoms with Crippen molar-refractivity contribution in [1.29, 1.82) is 0 Å². The summed E-state index contributed by atoms with van der Waals surface area (Å²) in [6.07, 6.45) is 2.27. The first-order valence-corrected chi connectivity index (χ1v) is 8.36. The molecule has 3 nitrogen and oxygen atoms in total. The van der Waals surface area contributed by atoms with Gasteiger partial charge in [-0.05, 0) is 55.0 Å². The number of halogens is 1. The van der Waals surface area contributed by atoms with Crippen molar-refractivity contribution in [2.45, 2.75) is 33.1 Å². The lowest BCUT2D eigenvalue weighted by Crippen LogP contribution is -2.08. The molecule has 0 radical (unpaired) electrons. The second-order valence-electron chi connectivity index (χ2n) is 5.98. The Labute approximate surface area is 147 Å². The Morgan fingerprint density at radius 1 is 1.20 bits per heavy atom. The fraction of sp³-hybridized carbons (Fsp3) is 0.286. The number of rotatable bonds is 7. The predicted octanol–water partition coefficient (Wildman–Crippen LogP) is 4.46. The van der Waals surface area contributed by atoms with Gasteiger partial charge in [0, 0.05) is 23.8 Å². The minimum atomic E-state index is -0.574. The van der Waals surface area contributed by atoms with Gasteiger partial charge in [-0.1, -0.05) is 31.7 Å². The quantitative estimate of drug-likeness (QED) is 0.459. The molecule has 0 saturated carbocycles. The lowest BCUT2D eigenvalue weighted by atomic mass is 9.94. The van der Waals surface area contributed by atoms with Crippen molar-refractivity contribution in [3.8, 4) is 16.9 Å². The number of aliphatic hydroxyl groups excluding tert-OH is 1. The maximum absolute atomic E-state index is 14.6. The number of aliphatic hydroxyl groups is 1. The number of esters is 1. The molecule has 4 heteroatoms. The van der Waals surface area contributed by atoms with Gasteiger partial charge in [0.05, 0.1) is 0 Å². The average molecular weight is 342 g/mol. The highest BCUT2D eigenvalue weighted by molar-refractivity contribution is 5.88. The third kappa shape index (κ3) is 4.77. The summed E-state index contributed by atoms with van der Waals surface area (Å²) < 4.78 is 19.6. The van der Waals surface area contributed by atoms with Crippen LogP contribution in [0.1, 0.15) is 31.4 Å². The molecule has 0 atom stereocenters. The maximum Gasteiger partial charge on any atom is 0.338 e. The standard InChI is InChI=1S/C21H23FO3/c1-4-16-12-15(6-5-11-23)7-9-18(16)19-10-8-17(13-20(19)22)25-21(24)14(2)3/h7-10,12-13,23H,2,4-6,11H2,1,3H3. The van der Waals surface area contributed by atoms with Gasteiger partial charge in [-0.25, -0.2) is 9.18 Å². The molecule has 0 aliphatic heterocycles. The van der Waals surface area contributed by atoms with Crippen molar-refractivity contribution in [2.24, 2.45) is 0 Å². The third-order valence-corrected chi connectivity index (χ3v) is 3.96. The minimum Gasteiger partial charge on any atom is -0.423 e. The zero-order valence-corrected chi connectivity index (χ0v) is 14.6. The van der Waals surface area contributed by atoms with Gasteiger partial charge in [-0.2, -0.15) is 0 Å². The molecule has 0 amide bonds. The van der Waals surface area contributed by atoms with Crippen molar-refractivity contribution in [3.05, 3.63) is 65.5 Å². The Bertz CT molecular complexity index is 781. The maximum atomic E-state index is 14.6. The van der Waals surface area contributed by atoms with Crippen LogP contribution in [-0.2, 0) is 17.6 Å². The molecule has 0 aliphatic rings. The molecular formula is C21H23FO3. The molecule has 2 rings (SSSR count). The van der Waals surface area contributed by atoms with E-state index in [0.717, 1.165) is 29.5 Å². The average Bonchev–Trinajstić information content (AvgIpc) is 2.60. The van der Waals surface area contributed by atoms with Crippen LogP contribution in [0.15, 0.2) is 48.6 Å². The molecular weight excluding hydrogens is 319 g/mol. The van der Waals surface area contributed by atoms with Crippen LogP contribution in [0.3, 0.4) is 0 Å². The third-order valence-electron chi connectivity index (χ3n) is 3.96. The molecule has 132 valence electrons. The topological polar surface area (TPSA) is 46.5 Å². The number of aryl methyl sites for hydroxylation is 2. The van der Waals surface area contributed by atoms with Crippen molar-refractivity contribution < 1.29 is 19.0 Å². The van der Waals surface area contributed by atoms with Gasteiger partial charge >= 0.3 is 5.97 Å². The number of benzene rings is 2. The van der Waals surface area contributed by atoms with Crippen molar-refractivity contribution >= 4 is 5.97 Å². The van der Waals surface area contributed by atoms with E-state index in [9.17, 15) is 9.18 Å². The fourth-order valence-corrected chi connectivity index (χ4v) is 2.61. The normalized spacial score (nSPS) is 10.6. The number of ether oxygens (including phenoxy) is 1. The molecule has 0 fully saturated rings. The summed E-state index contributed by atoms with van der Waals surface area (Å²) in [6, 6.07) is 10.3. The number of carbonyl (C=O) groups excluding carboxylic acids is 1. The monoisotopic (exact) mass is 342 g/mol. The summed E-state index contributed by atoms with van der Waals surface area (Å²) in [5.41, 5.74) is 3.73. The smallest absolute Gasteiger partial charge is 0.338 e. The van der Waals surface area contributed by atoms with Gasteiger partial charge in [0.1, 0.15) is 11.6 Å². The Morgan fingerprint density at radius 3 is 2.52 bits per heavy atom. The first-order chi connectivity index (χ1) is 12.0. The van der Waals surface area contributed by atoms with Crippen molar-refractivity contribution in [1.82, 2.24) is 0 Å². The van der Waals surface area contributed by atoms with E-state index in [1.54, 1.807) is 19.1 Å². The first kappa shape index (κ1) is 18.9. The van der Waals surface area contributed by atoms with Crippen LogP contribution in [0, 0.1) is 5.82 Å². The van der Waals surface area contributed by atoms with E-state index < -0.39 is 11.8 Å². The highest BCUT2D eigenvalue weighted by Gasteiger charge is 2.13. The van der Waals surface area contributed by atoms with Gasteiger partial charge in [-0.15, -0.1) is 0 Å². The molecule has 0 aromatic heterocycles. The van der Waals surface area contributed by atoms with Crippen LogP contribution >= 0.6 is 0 Å². The van der Waals surface area contributed by atoms with Crippen LogP contribution in [0.5, 0.6) is 5.75 Å². The summed E-state index contributed by atoms with van der Waals surface area (Å²) >= 11 is 0. The van der Waals surface area contributed by atoms with Crippen LogP contribution < -0.4 is 4.74 Å². The predicted molar refractivity (Wildman–Crippen MR) is 97.1 cm³/mol. The van der Waals surface area contributed by atoms with Crippen LogP contribution in [0.4, 0.5) is 4.39 Å². The molecule has 0 heterocycles. The second kappa shape index (κ2) is 8.58. The molecule has 0 saturated heterocycles. The van der Waals surface area contributed by atoms with Crippen molar-refractivity contribution in [3.63, 3.8) is 0 Å². The number of carbonyl (C=O) groups is 1. The highest BCUT2D eigenvalue weighted by Crippen LogP contribution is 2.30. The summed E-state index contributed by atoms with van der Waals surface area (Å²) in [6.45, 7) is 7.23. The van der Waals surface area contributed by atoms with Gasteiger partial charge in [0.15, 0.2) is 0 Å². The van der Waals surface area contributed by atoms with E-state index in [1.807, 2.05) is 19.1 Å². The van der Waals surface area contributed by atoms with E-state index in [1.165, 1.54) is 6.07 Å². The largest absolute Gasteiger partial charge is 0.423 e. The Kier molecular flexibility index (Phi) is 6.48. The Balaban J connectivity index is 2.31. The van der Waals surface area contributed by atoms with Crippen LogP contribution in [-0.4, -0.2) is 17.7 Å². The summed E-state index contributed by atoms with van der Waals surface area (Å²) in [4.78, 5) is 11.5. The molecule has 0 bridgehead atoms. The van der Waals surface area contributed by atoms with Crippen molar-refractivity contribution in [2.75, 3.05) is 6.61 Å². The SMILES string of the molecule is C=C(C)C(=O)Oc1ccc(-c2ccc(CCCO)cc2CC)c(F)c1. The molecule has 0 aliphatic carbocycles. The number of hydrogen-bond acceptors (Lipinski definition) is 3. The minimum absolute atomic E-state index is 0.155. The van der Waals surface area contributed by atoms with E-state index in [-0.39, 0.29) is 17.9 Å². The lowest BCUT2D eigenvalue weighted by Gasteiger charge is -2.13. The summed E-state index contributed by atoms with van der Waals surface area (Å²) in [7, 11) is 0. The van der Waals surface area contributed by atoms with E-state index in [0.29, 0.717) is 12.0 Å². The van der Waals surface area contributed by atoms with Gasteiger partial charge in [-0.3, -0.25) is 0 Å². The van der Waals surface area contributed by atoms with E-state index in [2.05, 4.69) is 12.6 Å². The summed E-state index contributed by atoms with van der Waals surface area (Å²) in [5.74, 6) is -0.855. The zero-order valence-electron chi connectivity index (χ0n) is 14.6. The molecule has 2 aromatic carbocycles. The first-order valence-electron chi connectivity index (χ1n) is 8.36. The zero-order chi connectivity index (χ0) is 18.4. The van der Waals surface area contributed by atoms with Gasteiger partial charge < -0.3 is 9.84 Å². The second-order valence-corrected chi connectivity index (χ2v) is 5.98. The van der Waals surface area contributed by atoms with Crippen LogP contribution in [0.25, 0.3) is 11.1 Å². The molecule has 1 N–H and O–H groups in total. The lowest BCUT2D eigenvalue weighted by molar-refractivity contribution is -0.130. The number of hydrogen-bond donors (Lipinski definition) is 1. The van der Waals surface area contributed by atoms with E-state index in [4.69, 9.17) is 9.84 Å². The molecule has 0 unspecified atom stereocenters. The highest BCUT2D eigenvalue weighted by atomic mass is 19.1. The van der Waals surface area contributed by atoms with Gasteiger partial charge in [0.2, 0.25) is 0 Å². The molecule has 25 heavy (non-hydrogen) atoms. The molecule has 0 spiro atoms. The van der Waals surface area contributed by atoms with E-state index >= 15 is 0 Å².